The molecule has 2 fully saturated rings. The highest BCUT2D eigenvalue weighted by molar-refractivity contribution is 6.16. The monoisotopic (exact) mass is 251 g/mol. The molecule has 2 aliphatic rings. The van der Waals surface area contributed by atoms with Gasteiger partial charge in [-0.15, -0.1) is 0 Å². The first-order valence-corrected chi connectivity index (χ1v) is 6.65. The van der Waals surface area contributed by atoms with Gasteiger partial charge in [0.05, 0.1) is 12.6 Å². The van der Waals surface area contributed by atoms with Crippen molar-refractivity contribution < 1.29 is 14.3 Å². The van der Waals surface area contributed by atoms with E-state index in [4.69, 9.17) is 4.74 Å². The van der Waals surface area contributed by atoms with Crippen LogP contribution in [0, 0.1) is 11.3 Å². The molecule has 0 aromatic heterocycles. The first kappa shape index (κ1) is 13.4. The Morgan fingerprint density at radius 2 is 2.00 bits per heavy atom. The number of aliphatic imine (C=N–C) groups is 1. The summed E-state index contributed by atoms with van der Waals surface area (Å²) in [6, 6.07) is 0. The Labute approximate surface area is 108 Å². The van der Waals surface area contributed by atoms with Gasteiger partial charge in [-0.2, -0.15) is 0 Å². The largest absolute Gasteiger partial charge is 0.376 e. The fraction of sp³-hybridized carbons (Fsp3) is 0.786. The molecular formula is C14H21NO3. The van der Waals surface area contributed by atoms with Crippen LogP contribution in [-0.2, 0) is 14.3 Å². The number of ketones is 2. The van der Waals surface area contributed by atoms with Crippen molar-refractivity contribution in [2.75, 3.05) is 13.2 Å². The second kappa shape index (κ2) is 5.31. The van der Waals surface area contributed by atoms with E-state index >= 15 is 0 Å². The van der Waals surface area contributed by atoms with Gasteiger partial charge in [0.25, 0.3) is 0 Å². The first-order chi connectivity index (χ1) is 8.48. The van der Waals surface area contributed by atoms with Crippen molar-refractivity contribution in [1.82, 2.24) is 0 Å². The van der Waals surface area contributed by atoms with Crippen molar-refractivity contribution in [3.8, 4) is 0 Å². The van der Waals surface area contributed by atoms with Crippen LogP contribution in [0.25, 0.3) is 0 Å². The molecule has 0 N–H and O–H groups in total. The summed E-state index contributed by atoms with van der Waals surface area (Å²) in [4.78, 5) is 28.0. The Morgan fingerprint density at radius 1 is 1.33 bits per heavy atom. The van der Waals surface area contributed by atoms with E-state index in [1.54, 1.807) is 6.21 Å². The van der Waals surface area contributed by atoms with E-state index in [1.165, 1.54) is 0 Å². The zero-order valence-electron chi connectivity index (χ0n) is 11.1. The fourth-order valence-corrected chi connectivity index (χ4v) is 2.64. The number of hydrogen-bond donors (Lipinski definition) is 0. The number of carbonyl (C=O) groups excluding carboxylic acids is 2. The maximum atomic E-state index is 11.9. The molecule has 2 rings (SSSR count). The molecule has 0 unspecified atom stereocenters. The van der Waals surface area contributed by atoms with E-state index in [0.717, 1.165) is 19.4 Å². The van der Waals surface area contributed by atoms with E-state index in [-0.39, 0.29) is 23.1 Å². The van der Waals surface area contributed by atoms with Gasteiger partial charge in [0.15, 0.2) is 0 Å². The average molecular weight is 251 g/mol. The average Bonchev–Trinajstić information content (AvgIpc) is 2.73. The number of ether oxygens (including phenoxy) is 1. The number of carbonyl (C=O) groups is 2. The van der Waals surface area contributed by atoms with E-state index in [2.05, 4.69) is 4.99 Å². The lowest BCUT2D eigenvalue weighted by Crippen LogP contribution is -2.38. The molecule has 4 heteroatoms. The predicted molar refractivity (Wildman–Crippen MR) is 68.9 cm³/mol. The van der Waals surface area contributed by atoms with Crippen LogP contribution in [-0.4, -0.2) is 37.0 Å². The van der Waals surface area contributed by atoms with E-state index in [9.17, 15) is 9.59 Å². The van der Waals surface area contributed by atoms with Crippen molar-refractivity contribution >= 4 is 17.8 Å². The van der Waals surface area contributed by atoms with Crippen molar-refractivity contribution in [1.29, 1.82) is 0 Å². The van der Waals surface area contributed by atoms with Gasteiger partial charge in [0.2, 0.25) is 0 Å². The maximum Gasteiger partial charge on any atom is 0.149 e. The highest BCUT2D eigenvalue weighted by Crippen LogP contribution is 2.33. The minimum atomic E-state index is -0.612. The summed E-state index contributed by atoms with van der Waals surface area (Å²) in [5.41, 5.74) is -0.187. The van der Waals surface area contributed by atoms with Crippen molar-refractivity contribution in [2.45, 2.75) is 45.6 Å². The normalized spacial score (nSPS) is 29.3. The van der Waals surface area contributed by atoms with Gasteiger partial charge >= 0.3 is 0 Å². The molecule has 1 saturated heterocycles. The first-order valence-electron chi connectivity index (χ1n) is 6.65. The van der Waals surface area contributed by atoms with Gasteiger partial charge in [0, 0.05) is 25.7 Å². The lowest BCUT2D eigenvalue weighted by atomic mass is 9.72. The number of nitrogens with zero attached hydrogens (tertiary/aromatic N) is 1. The third-order valence-electron chi connectivity index (χ3n) is 3.59. The molecule has 1 atom stereocenters. The molecule has 1 saturated carbocycles. The van der Waals surface area contributed by atoms with Crippen LogP contribution in [0.2, 0.25) is 0 Å². The van der Waals surface area contributed by atoms with Crippen LogP contribution in [0.5, 0.6) is 0 Å². The lowest BCUT2D eigenvalue weighted by Gasteiger charge is -2.30. The number of rotatable bonds is 3. The summed E-state index contributed by atoms with van der Waals surface area (Å²) in [6.45, 7) is 5.29. The summed E-state index contributed by atoms with van der Waals surface area (Å²) in [5, 5.41) is 0. The third-order valence-corrected chi connectivity index (χ3v) is 3.59. The SMILES string of the molecule is CC1(C)CC(=O)C(C=NC[C@@H]2CCCO2)C(=O)C1. The van der Waals surface area contributed by atoms with Gasteiger partial charge in [-0.3, -0.25) is 14.6 Å². The van der Waals surface area contributed by atoms with Gasteiger partial charge in [-0.25, -0.2) is 0 Å². The zero-order chi connectivity index (χ0) is 13.2. The van der Waals surface area contributed by atoms with E-state index < -0.39 is 5.92 Å². The van der Waals surface area contributed by atoms with Crippen LogP contribution in [0.1, 0.15) is 39.5 Å². The van der Waals surface area contributed by atoms with Gasteiger partial charge < -0.3 is 4.74 Å². The minimum Gasteiger partial charge on any atom is -0.376 e. The van der Waals surface area contributed by atoms with Gasteiger partial charge in [0.1, 0.15) is 17.5 Å². The summed E-state index contributed by atoms with van der Waals surface area (Å²) < 4.78 is 5.45. The van der Waals surface area contributed by atoms with Crippen LogP contribution >= 0.6 is 0 Å². The number of hydrogen-bond acceptors (Lipinski definition) is 4. The highest BCUT2D eigenvalue weighted by Gasteiger charge is 2.38. The van der Waals surface area contributed by atoms with E-state index in [0.29, 0.717) is 19.4 Å². The van der Waals surface area contributed by atoms with Gasteiger partial charge in [-0.05, 0) is 18.3 Å². The predicted octanol–water partition coefficient (Wildman–Crippen LogP) is 1.81. The molecule has 4 nitrogen and oxygen atoms in total. The quantitative estimate of drug-likeness (QED) is 0.568. The molecule has 0 aromatic rings. The summed E-state index contributed by atoms with van der Waals surface area (Å²) in [6.07, 6.45) is 4.75. The van der Waals surface area contributed by atoms with Crippen LogP contribution in [0.4, 0.5) is 0 Å². The standard InChI is InChI=1S/C14H21NO3/c1-14(2)6-12(16)11(13(17)7-14)9-15-8-10-4-3-5-18-10/h9-11H,3-8H2,1-2H3/t10-/m0/s1. The topological polar surface area (TPSA) is 55.7 Å². The van der Waals surface area contributed by atoms with E-state index in [1.807, 2.05) is 13.8 Å². The molecule has 1 heterocycles. The molecule has 1 aliphatic carbocycles. The smallest absolute Gasteiger partial charge is 0.149 e. The molecule has 18 heavy (non-hydrogen) atoms. The molecule has 0 aromatic carbocycles. The summed E-state index contributed by atoms with van der Waals surface area (Å²) >= 11 is 0. The summed E-state index contributed by atoms with van der Waals surface area (Å²) in [5.74, 6) is -0.598. The summed E-state index contributed by atoms with van der Waals surface area (Å²) in [7, 11) is 0. The second-order valence-corrected chi connectivity index (χ2v) is 6.08. The Bertz CT molecular complexity index is 347. The Hall–Kier alpha value is -1.03. The molecule has 0 amide bonds. The molecule has 0 bridgehead atoms. The molecule has 0 radical (unpaired) electrons. The van der Waals surface area contributed by atoms with Crippen molar-refractivity contribution in [3.05, 3.63) is 0 Å². The Morgan fingerprint density at radius 3 is 2.56 bits per heavy atom. The lowest BCUT2D eigenvalue weighted by molar-refractivity contribution is -0.136. The van der Waals surface area contributed by atoms with Gasteiger partial charge in [-0.1, -0.05) is 13.8 Å². The Kier molecular flexibility index (Phi) is 3.95. The minimum absolute atomic E-state index is 0.00680. The third kappa shape index (κ3) is 3.25. The van der Waals surface area contributed by atoms with Crippen molar-refractivity contribution in [2.24, 2.45) is 16.3 Å². The zero-order valence-corrected chi connectivity index (χ0v) is 11.1. The highest BCUT2D eigenvalue weighted by atomic mass is 16.5. The maximum absolute atomic E-state index is 11.9. The molecule has 100 valence electrons. The molecule has 1 aliphatic heterocycles. The fourth-order valence-electron chi connectivity index (χ4n) is 2.64. The number of Topliss-reactive ketones (excluding diaryl/α,β-unsaturated/α-hetero) is 2. The van der Waals surface area contributed by atoms with Crippen LogP contribution < -0.4 is 0 Å². The van der Waals surface area contributed by atoms with Crippen molar-refractivity contribution in [3.63, 3.8) is 0 Å². The van der Waals surface area contributed by atoms with Crippen LogP contribution in [0.15, 0.2) is 4.99 Å². The molecule has 0 spiro atoms. The second-order valence-electron chi connectivity index (χ2n) is 6.08. The molecular weight excluding hydrogens is 230 g/mol. The van der Waals surface area contributed by atoms with Crippen LogP contribution in [0.3, 0.4) is 0 Å². The Balaban J connectivity index is 1.90.